The minimum absolute atomic E-state index is 0.0510. The third-order valence-corrected chi connectivity index (χ3v) is 5.85. The van der Waals surface area contributed by atoms with Gasteiger partial charge in [0.15, 0.2) is 0 Å². The molecule has 0 saturated carbocycles. The summed E-state index contributed by atoms with van der Waals surface area (Å²) >= 11 is 0. The van der Waals surface area contributed by atoms with E-state index >= 15 is 0 Å². The van der Waals surface area contributed by atoms with Crippen molar-refractivity contribution >= 4 is 29.6 Å². The molecule has 7 nitrogen and oxygen atoms in total. The van der Waals surface area contributed by atoms with E-state index in [2.05, 4.69) is 5.32 Å². The Morgan fingerprint density at radius 3 is 2.31 bits per heavy atom. The Morgan fingerprint density at radius 2 is 1.62 bits per heavy atom. The van der Waals surface area contributed by atoms with Crippen LogP contribution in [0.15, 0.2) is 54.7 Å². The van der Waals surface area contributed by atoms with Crippen LogP contribution < -0.4 is 5.32 Å². The topological polar surface area (TPSA) is 73.0 Å². The number of anilines is 1. The van der Waals surface area contributed by atoms with Crippen molar-refractivity contribution in [2.24, 2.45) is 0 Å². The molecule has 1 N–H and O–H groups in total. The van der Waals surface area contributed by atoms with Gasteiger partial charge in [-0.05, 0) is 41.5 Å². The Balaban J connectivity index is 1.36. The molecule has 2 aromatic carbocycles. The van der Waals surface area contributed by atoms with Gasteiger partial charge in [0.1, 0.15) is 5.82 Å². The Labute approximate surface area is 186 Å². The predicted molar refractivity (Wildman–Crippen MR) is 119 cm³/mol. The van der Waals surface area contributed by atoms with Gasteiger partial charge < -0.3 is 20.0 Å². The van der Waals surface area contributed by atoms with Crippen molar-refractivity contribution in [1.29, 1.82) is 0 Å². The molecule has 0 radical (unpaired) electrons. The first-order chi connectivity index (χ1) is 15.4. The number of benzene rings is 2. The smallest absolute Gasteiger partial charge is 0.321 e. The highest BCUT2D eigenvalue weighted by atomic mass is 19.1. The van der Waals surface area contributed by atoms with E-state index in [1.165, 1.54) is 31.2 Å². The fourth-order valence-corrected chi connectivity index (χ4v) is 4.10. The number of urea groups is 1. The van der Waals surface area contributed by atoms with Crippen LogP contribution in [0.3, 0.4) is 0 Å². The highest BCUT2D eigenvalue weighted by Gasteiger charge is 2.31. The van der Waals surface area contributed by atoms with Crippen molar-refractivity contribution in [2.45, 2.75) is 19.4 Å². The molecule has 4 rings (SSSR count). The molecule has 0 spiro atoms. The second-order valence-electron chi connectivity index (χ2n) is 7.90. The molecule has 2 heterocycles. The first-order valence-electron chi connectivity index (χ1n) is 10.6. The molecule has 0 bridgehead atoms. The number of hydrogen-bond donors (Lipinski definition) is 1. The van der Waals surface area contributed by atoms with Crippen LogP contribution in [0, 0.1) is 5.82 Å². The molecule has 0 aliphatic carbocycles. The molecule has 8 heteroatoms. The van der Waals surface area contributed by atoms with Crippen molar-refractivity contribution in [1.82, 2.24) is 14.7 Å². The number of carbonyl (C=O) groups excluding carboxylic acids is 3. The fraction of sp³-hybridized carbons (Fsp3) is 0.292. The summed E-state index contributed by atoms with van der Waals surface area (Å²) in [7, 11) is 0. The van der Waals surface area contributed by atoms with E-state index in [1.54, 1.807) is 20.9 Å². The molecule has 2 aliphatic heterocycles. The normalized spacial score (nSPS) is 17.7. The van der Waals surface area contributed by atoms with Gasteiger partial charge in [0.25, 0.3) is 0 Å². The molecular formula is C24H25FN4O3. The maximum atomic E-state index is 13.1. The standard InChI is InChI=1S/C24H25FN4O3/c1-17(30)29-11-10-18-4-2-3-5-21(18)22(29)16-23(31)27-12-14-28(15-13-27)24(32)26-20-8-6-19(25)7-9-20/h2-11,22H,12-16H2,1H3,(H,26,32)/t22-/m1/s1. The third kappa shape index (κ3) is 4.64. The number of hydrogen-bond acceptors (Lipinski definition) is 3. The molecule has 4 amide bonds. The second kappa shape index (κ2) is 9.21. The lowest BCUT2D eigenvalue weighted by molar-refractivity contribution is -0.135. The van der Waals surface area contributed by atoms with Crippen molar-refractivity contribution in [3.05, 3.63) is 71.7 Å². The van der Waals surface area contributed by atoms with Crippen LogP contribution in [-0.4, -0.2) is 58.7 Å². The van der Waals surface area contributed by atoms with Gasteiger partial charge in [-0.25, -0.2) is 9.18 Å². The summed E-state index contributed by atoms with van der Waals surface area (Å²) < 4.78 is 13.0. The number of carbonyl (C=O) groups is 3. The lowest BCUT2D eigenvalue weighted by Gasteiger charge is -2.37. The maximum Gasteiger partial charge on any atom is 0.321 e. The number of halogens is 1. The van der Waals surface area contributed by atoms with Gasteiger partial charge in [0, 0.05) is 45.0 Å². The van der Waals surface area contributed by atoms with Crippen LogP contribution in [-0.2, 0) is 9.59 Å². The van der Waals surface area contributed by atoms with Crippen LogP contribution >= 0.6 is 0 Å². The molecule has 2 aromatic rings. The van der Waals surface area contributed by atoms with E-state index in [9.17, 15) is 18.8 Å². The van der Waals surface area contributed by atoms with Gasteiger partial charge in [-0.2, -0.15) is 0 Å². The molecule has 2 aliphatic rings. The van der Waals surface area contributed by atoms with Gasteiger partial charge in [-0.1, -0.05) is 24.3 Å². The average molecular weight is 436 g/mol. The largest absolute Gasteiger partial charge is 0.339 e. The minimum Gasteiger partial charge on any atom is -0.339 e. The average Bonchev–Trinajstić information content (AvgIpc) is 2.80. The number of piperazine rings is 1. The number of nitrogens with zero attached hydrogens (tertiary/aromatic N) is 3. The van der Waals surface area contributed by atoms with E-state index in [0.717, 1.165) is 11.1 Å². The van der Waals surface area contributed by atoms with Gasteiger partial charge in [0.05, 0.1) is 12.5 Å². The number of amides is 4. The van der Waals surface area contributed by atoms with E-state index < -0.39 is 0 Å². The highest BCUT2D eigenvalue weighted by molar-refractivity contribution is 5.89. The molecule has 1 saturated heterocycles. The summed E-state index contributed by atoms with van der Waals surface area (Å²) in [6.07, 6.45) is 3.80. The van der Waals surface area contributed by atoms with Crippen LogP contribution in [0.5, 0.6) is 0 Å². The van der Waals surface area contributed by atoms with Crippen molar-refractivity contribution in [3.63, 3.8) is 0 Å². The maximum absolute atomic E-state index is 13.1. The van der Waals surface area contributed by atoms with Crippen LogP contribution in [0.25, 0.3) is 6.08 Å². The zero-order valence-corrected chi connectivity index (χ0v) is 17.8. The van der Waals surface area contributed by atoms with Crippen LogP contribution in [0.2, 0.25) is 0 Å². The lowest BCUT2D eigenvalue weighted by atomic mass is 9.93. The van der Waals surface area contributed by atoms with Gasteiger partial charge >= 0.3 is 6.03 Å². The van der Waals surface area contributed by atoms with Gasteiger partial charge in [0.2, 0.25) is 11.8 Å². The Hall–Kier alpha value is -3.68. The van der Waals surface area contributed by atoms with Gasteiger partial charge in [-0.3, -0.25) is 9.59 Å². The fourth-order valence-electron chi connectivity index (χ4n) is 4.10. The SMILES string of the molecule is CC(=O)N1C=Cc2ccccc2[C@H]1CC(=O)N1CCN(C(=O)Nc2ccc(F)cc2)CC1. The van der Waals surface area contributed by atoms with Crippen molar-refractivity contribution in [2.75, 3.05) is 31.5 Å². The molecule has 1 fully saturated rings. The Morgan fingerprint density at radius 1 is 0.969 bits per heavy atom. The summed E-state index contributed by atoms with van der Waals surface area (Å²) in [5.74, 6) is -0.532. The zero-order valence-electron chi connectivity index (χ0n) is 17.8. The monoisotopic (exact) mass is 436 g/mol. The quantitative estimate of drug-likeness (QED) is 0.801. The van der Waals surface area contributed by atoms with E-state index in [4.69, 9.17) is 0 Å². The molecule has 32 heavy (non-hydrogen) atoms. The Kier molecular flexibility index (Phi) is 6.20. The summed E-state index contributed by atoms with van der Waals surface area (Å²) in [6.45, 7) is 3.13. The predicted octanol–water partition coefficient (Wildman–Crippen LogP) is 3.47. The summed E-state index contributed by atoms with van der Waals surface area (Å²) in [5, 5.41) is 2.74. The minimum atomic E-state index is -0.366. The van der Waals surface area contributed by atoms with Gasteiger partial charge in [-0.15, -0.1) is 0 Å². The zero-order chi connectivity index (χ0) is 22.7. The molecule has 1 atom stereocenters. The summed E-state index contributed by atoms with van der Waals surface area (Å²) in [6, 6.07) is 12.7. The third-order valence-electron chi connectivity index (χ3n) is 5.85. The van der Waals surface area contributed by atoms with Crippen molar-refractivity contribution in [3.8, 4) is 0 Å². The van der Waals surface area contributed by atoms with E-state index in [1.807, 2.05) is 30.3 Å². The molecule has 0 aromatic heterocycles. The van der Waals surface area contributed by atoms with E-state index in [-0.39, 0.29) is 36.1 Å². The number of nitrogens with one attached hydrogen (secondary N) is 1. The number of rotatable bonds is 3. The van der Waals surface area contributed by atoms with Crippen molar-refractivity contribution < 1.29 is 18.8 Å². The first-order valence-corrected chi connectivity index (χ1v) is 10.6. The molecule has 166 valence electrons. The van der Waals surface area contributed by atoms with Crippen LogP contribution in [0.1, 0.15) is 30.5 Å². The molecule has 0 unspecified atom stereocenters. The second-order valence-corrected chi connectivity index (χ2v) is 7.90. The number of fused-ring (bicyclic) bond motifs is 1. The lowest BCUT2D eigenvalue weighted by Crippen LogP contribution is -2.52. The Bertz CT molecular complexity index is 1050. The summed E-state index contributed by atoms with van der Waals surface area (Å²) in [5.41, 5.74) is 2.48. The summed E-state index contributed by atoms with van der Waals surface area (Å²) in [4.78, 5) is 42.6. The van der Waals surface area contributed by atoms with Crippen LogP contribution in [0.4, 0.5) is 14.9 Å². The molecular weight excluding hydrogens is 411 g/mol. The first kappa shape index (κ1) is 21.5. The highest BCUT2D eigenvalue weighted by Crippen LogP contribution is 2.33. The van der Waals surface area contributed by atoms with E-state index in [0.29, 0.717) is 31.9 Å².